The lowest BCUT2D eigenvalue weighted by Crippen LogP contribution is -2.17. The smallest absolute Gasteiger partial charge is 0.272 e. The molecule has 5 nitrogen and oxygen atoms in total. The van der Waals surface area contributed by atoms with Crippen molar-refractivity contribution in [1.29, 1.82) is 0 Å². The average Bonchev–Trinajstić information content (AvgIpc) is 2.43. The molecule has 2 aromatic carbocycles. The van der Waals surface area contributed by atoms with Crippen molar-refractivity contribution in [1.82, 2.24) is 5.43 Å². The van der Waals surface area contributed by atoms with Crippen LogP contribution in [-0.2, 0) is 0 Å². The van der Waals surface area contributed by atoms with Gasteiger partial charge >= 0.3 is 0 Å². The highest BCUT2D eigenvalue weighted by Crippen LogP contribution is 2.20. The number of benzene rings is 2. The van der Waals surface area contributed by atoms with Crippen molar-refractivity contribution in [2.75, 3.05) is 0 Å². The topological polar surface area (TPSA) is 81.9 Å². The molecule has 2 aromatic rings. The lowest BCUT2D eigenvalue weighted by molar-refractivity contribution is 0.0955. The number of aromatic hydroxyl groups is 2. The van der Waals surface area contributed by atoms with Crippen LogP contribution in [0.4, 0.5) is 0 Å². The molecule has 0 radical (unpaired) electrons. The minimum absolute atomic E-state index is 0.0123. The van der Waals surface area contributed by atoms with Crippen LogP contribution < -0.4 is 5.43 Å². The van der Waals surface area contributed by atoms with Gasteiger partial charge in [0.15, 0.2) is 0 Å². The Morgan fingerprint density at radius 3 is 2.70 bits per heavy atom. The Kier molecular flexibility index (Phi) is 4.22. The summed E-state index contributed by atoms with van der Waals surface area (Å²) in [5.41, 5.74) is 2.87. The van der Waals surface area contributed by atoms with Crippen LogP contribution in [0.5, 0.6) is 11.5 Å². The number of halogens is 1. The largest absolute Gasteiger partial charge is 0.508 e. The van der Waals surface area contributed by atoms with Gasteiger partial charge in [0, 0.05) is 5.56 Å². The molecule has 1 amide bonds. The van der Waals surface area contributed by atoms with Gasteiger partial charge < -0.3 is 10.2 Å². The highest BCUT2D eigenvalue weighted by atomic mass is 35.5. The van der Waals surface area contributed by atoms with E-state index in [0.29, 0.717) is 10.6 Å². The second kappa shape index (κ2) is 6.08. The molecule has 0 spiro atoms. The Bertz CT molecular complexity index is 671. The van der Waals surface area contributed by atoms with Gasteiger partial charge in [-0.3, -0.25) is 4.79 Å². The predicted octanol–water partition coefficient (Wildman–Crippen LogP) is 2.52. The Hall–Kier alpha value is -2.53. The quantitative estimate of drug-likeness (QED) is 0.461. The van der Waals surface area contributed by atoms with Crippen molar-refractivity contribution >= 4 is 23.7 Å². The van der Waals surface area contributed by atoms with Crippen LogP contribution in [0.3, 0.4) is 0 Å². The maximum Gasteiger partial charge on any atom is 0.272 e. The number of hydrazone groups is 1. The molecule has 0 fully saturated rings. The van der Waals surface area contributed by atoms with Gasteiger partial charge in [0.2, 0.25) is 0 Å². The summed E-state index contributed by atoms with van der Waals surface area (Å²) in [5, 5.41) is 22.8. The Balaban J connectivity index is 2.09. The van der Waals surface area contributed by atoms with Crippen LogP contribution in [0.25, 0.3) is 0 Å². The first-order valence-corrected chi connectivity index (χ1v) is 6.05. The monoisotopic (exact) mass is 290 g/mol. The Morgan fingerprint density at radius 2 is 1.95 bits per heavy atom. The van der Waals surface area contributed by atoms with Crippen LogP contribution >= 0.6 is 11.6 Å². The van der Waals surface area contributed by atoms with E-state index in [1.165, 1.54) is 24.4 Å². The predicted molar refractivity (Wildman–Crippen MR) is 76.3 cm³/mol. The lowest BCUT2D eigenvalue weighted by Gasteiger charge is -2.02. The van der Waals surface area contributed by atoms with E-state index in [1.54, 1.807) is 24.3 Å². The lowest BCUT2D eigenvalue weighted by atomic mass is 10.2. The van der Waals surface area contributed by atoms with Gasteiger partial charge in [-0.05, 0) is 30.3 Å². The summed E-state index contributed by atoms with van der Waals surface area (Å²) >= 11 is 5.88. The van der Waals surface area contributed by atoms with E-state index in [-0.39, 0.29) is 17.1 Å². The van der Waals surface area contributed by atoms with E-state index in [1.807, 2.05) is 0 Å². The molecular weight excluding hydrogens is 280 g/mol. The third-order valence-corrected chi connectivity index (χ3v) is 2.83. The second-order valence-corrected chi connectivity index (χ2v) is 4.33. The van der Waals surface area contributed by atoms with Crippen LogP contribution in [0.15, 0.2) is 47.6 Å². The number of phenols is 2. The summed E-state index contributed by atoms with van der Waals surface area (Å²) in [6.07, 6.45) is 1.23. The molecule has 0 saturated carbocycles. The van der Waals surface area contributed by atoms with E-state index in [4.69, 9.17) is 11.6 Å². The molecule has 0 saturated heterocycles. The van der Waals surface area contributed by atoms with Crippen LogP contribution in [-0.4, -0.2) is 22.3 Å². The van der Waals surface area contributed by atoms with E-state index in [2.05, 4.69) is 10.5 Å². The normalized spacial score (nSPS) is 10.7. The first-order chi connectivity index (χ1) is 9.58. The summed E-state index contributed by atoms with van der Waals surface area (Å²) in [6, 6.07) is 10.6. The average molecular weight is 291 g/mol. The molecule has 0 atom stereocenters. The number of carbonyl (C=O) groups excluding carboxylic acids is 1. The Morgan fingerprint density at radius 1 is 1.20 bits per heavy atom. The number of nitrogens with one attached hydrogen (secondary N) is 1. The van der Waals surface area contributed by atoms with Gasteiger partial charge in [-0.1, -0.05) is 23.7 Å². The molecule has 0 aromatic heterocycles. The fraction of sp³-hybridized carbons (Fsp3) is 0. The SMILES string of the molecule is O=C(NN=Cc1cc(O)ccc1O)c1ccccc1Cl. The van der Waals surface area contributed by atoms with Crippen LogP contribution in [0.1, 0.15) is 15.9 Å². The summed E-state index contributed by atoms with van der Waals surface area (Å²) in [4.78, 5) is 11.8. The van der Waals surface area contributed by atoms with Gasteiger partial charge in [0.1, 0.15) is 11.5 Å². The number of hydrogen-bond acceptors (Lipinski definition) is 4. The third kappa shape index (κ3) is 3.27. The fourth-order valence-corrected chi connectivity index (χ4v) is 1.73. The number of hydrogen-bond donors (Lipinski definition) is 3. The van der Waals surface area contributed by atoms with Crippen molar-refractivity contribution in [2.24, 2.45) is 5.10 Å². The van der Waals surface area contributed by atoms with Crippen LogP contribution in [0.2, 0.25) is 5.02 Å². The van der Waals surface area contributed by atoms with Crippen molar-refractivity contribution in [2.45, 2.75) is 0 Å². The van der Waals surface area contributed by atoms with Crippen molar-refractivity contribution in [3.63, 3.8) is 0 Å². The van der Waals surface area contributed by atoms with Gasteiger partial charge in [0.25, 0.3) is 5.91 Å². The summed E-state index contributed by atoms with van der Waals surface area (Å²) in [6.45, 7) is 0. The van der Waals surface area contributed by atoms with Gasteiger partial charge in [-0.2, -0.15) is 5.10 Å². The molecular formula is C14H11ClN2O3. The van der Waals surface area contributed by atoms with E-state index < -0.39 is 5.91 Å². The van der Waals surface area contributed by atoms with Crippen LogP contribution in [0, 0.1) is 0 Å². The third-order valence-electron chi connectivity index (χ3n) is 2.50. The minimum atomic E-state index is -0.466. The Labute approximate surface area is 120 Å². The molecule has 0 unspecified atom stereocenters. The maximum atomic E-state index is 11.8. The molecule has 2 rings (SSSR count). The minimum Gasteiger partial charge on any atom is -0.508 e. The maximum absolute atomic E-state index is 11.8. The molecule has 0 aliphatic carbocycles. The summed E-state index contributed by atoms with van der Waals surface area (Å²) in [5.74, 6) is -0.535. The molecule has 0 aliphatic heterocycles. The number of amides is 1. The standard InChI is InChI=1S/C14H11ClN2O3/c15-12-4-2-1-3-11(12)14(20)17-16-8-9-7-10(18)5-6-13(9)19/h1-8,18-19H,(H,17,20). The van der Waals surface area contributed by atoms with E-state index in [0.717, 1.165) is 0 Å². The summed E-state index contributed by atoms with van der Waals surface area (Å²) in [7, 11) is 0. The highest BCUT2D eigenvalue weighted by Gasteiger charge is 2.08. The highest BCUT2D eigenvalue weighted by molar-refractivity contribution is 6.33. The number of carbonyl (C=O) groups is 1. The number of nitrogens with zero attached hydrogens (tertiary/aromatic N) is 1. The summed E-state index contributed by atoms with van der Waals surface area (Å²) < 4.78 is 0. The molecule has 0 heterocycles. The van der Waals surface area contributed by atoms with Gasteiger partial charge in [-0.25, -0.2) is 5.43 Å². The second-order valence-electron chi connectivity index (χ2n) is 3.92. The first kappa shape index (κ1) is 13.9. The molecule has 6 heteroatoms. The zero-order valence-corrected chi connectivity index (χ0v) is 11.0. The molecule has 20 heavy (non-hydrogen) atoms. The van der Waals surface area contributed by atoms with Crippen molar-refractivity contribution < 1.29 is 15.0 Å². The van der Waals surface area contributed by atoms with Gasteiger partial charge in [-0.15, -0.1) is 0 Å². The fourth-order valence-electron chi connectivity index (χ4n) is 1.51. The molecule has 0 aliphatic rings. The molecule has 0 bridgehead atoms. The number of rotatable bonds is 3. The zero-order chi connectivity index (χ0) is 14.5. The van der Waals surface area contributed by atoms with E-state index in [9.17, 15) is 15.0 Å². The molecule has 3 N–H and O–H groups in total. The van der Waals surface area contributed by atoms with E-state index >= 15 is 0 Å². The van der Waals surface area contributed by atoms with Crippen molar-refractivity contribution in [3.05, 3.63) is 58.6 Å². The zero-order valence-electron chi connectivity index (χ0n) is 10.2. The van der Waals surface area contributed by atoms with Gasteiger partial charge in [0.05, 0.1) is 16.8 Å². The van der Waals surface area contributed by atoms with Crippen molar-refractivity contribution in [3.8, 4) is 11.5 Å². The first-order valence-electron chi connectivity index (χ1n) is 5.68. The number of phenolic OH excluding ortho intramolecular Hbond substituents is 2. The molecule has 102 valence electrons.